The smallest absolute Gasteiger partial charge is 0.115 e. The van der Waals surface area contributed by atoms with Gasteiger partial charge in [0, 0.05) is 30.8 Å². The van der Waals surface area contributed by atoms with Crippen LogP contribution in [0.2, 0.25) is 5.02 Å². The van der Waals surface area contributed by atoms with E-state index in [0.717, 1.165) is 25.2 Å². The fourth-order valence-electron chi connectivity index (χ4n) is 2.64. The molecule has 0 saturated carbocycles. The van der Waals surface area contributed by atoms with Crippen molar-refractivity contribution in [2.45, 2.75) is 18.1 Å². The van der Waals surface area contributed by atoms with Crippen LogP contribution in [0.4, 0.5) is 0 Å². The van der Waals surface area contributed by atoms with Gasteiger partial charge >= 0.3 is 0 Å². The fraction of sp³-hybridized carbons (Fsp3) is 0.538. The predicted octanol–water partition coefficient (Wildman–Crippen LogP) is 1.63. The predicted molar refractivity (Wildman–Crippen MR) is 66.1 cm³/mol. The van der Waals surface area contributed by atoms with Gasteiger partial charge in [0.15, 0.2) is 0 Å². The Morgan fingerprint density at radius 3 is 2.59 bits per heavy atom. The minimum absolute atomic E-state index is 0.488. The summed E-state index contributed by atoms with van der Waals surface area (Å²) in [4.78, 5) is 2.29. The number of benzene rings is 1. The molecule has 2 aliphatic rings. The summed E-state index contributed by atoms with van der Waals surface area (Å²) in [5.74, 6) is 0. The van der Waals surface area contributed by atoms with Crippen LogP contribution in [-0.4, -0.2) is 42.4 Å². The Labute approximate surface area is 106 Å². The lowest BCUT2D eigenvalue weighted by molar-refractivity contribution is -0.121. The summed E-state index contributed by atoms with van der Waals surface area (Å²) in [6.07, 6.45) is 1.08. The van der Waals surface area contributed by atoms with Gasteiger partial charge in [0.1, 0.15) is 5.60 Å². The van der Waals surface area contributed by atoms with Crippen LogP contribution in [0.25, 0.3) is 0 Å². The second-order valence-electron chi connectivity index (χ2n) is 4.96. The van der Waals surface area contributed by atoms with Crippen LogP contribution in [0.1, 0.15) is 12.0 Å². The largest absolute Gasteiger partial charge is 0.382 e. The van der Waals surface area contributed by atoms with Crippen LogP contribution in [0.15, 0.2) is 24.3 Å². The summed E-state index contributed by atoms with van der Waals surface area (Å²) < 4.78 is 5.36. The molecule has 4 heteroatoms. The highest BCUT2D eigenvalue weighted by Gasteiger charge is 2.45. The van der Waals surface area contributed by atoms with Crippen molar-refractivity contribution in [3.8, 4) is 0 Å². The Bertz CT molecular complexity index is 394. The number of hydrogen-bond donors (Lipinski definition) is 1. The maximum absolute atomic E-state index is 10.5. The lowest BCUT2D eigenvalue weighted by Crippen LogP contribution is -2.62. The molecular weight excluding hydrogens is 238 g/mol. The van der Waals surface area contributed by atoms with E-state index in [0.29, 0.717) is 24.2 Å². The van der Waals surface area contributed by atoms with Crippen LogP contribution in [0.3, 0.4) is 0 Å². The van der Waals surface area contributed by atoms with Gasteiger partial charge in [0.05, 0.1) is 6.61 Å². The molecule has 3 nitrogen and oxygen atoms in total. The normalized spacial score (nSPS) is 28.0. The zero-order valence-corrected chi connectivity index (χ0v) is 10.4. The van der Waals surface area contributed by atoms with Crippen molar-refractivity contribution in [1.29, 1.82) is 0 Å². The molecule has 0 amide bonds. The van der Waals surface area contributed by atoms with Gasteiger partial charge in [-0.25, -0.2) is 0 Å². The molecule has 2 saturated heterocycles. The molecule has 0 aromatic heterocycles. The van der Waals surface area contributed by atoms with E-state index in [2.05, 4.69) is 4.90 Å². The average Bonchev–Trinajstić information content (AvgIpc) is 2.79. The third kappa shape index (κ3) is 2.08. The molecule has 0 spiro atoms. The number of nitrogens with zero attached hydrogens (tertiary/aromatic N) is 1. The van der Waals surface area contributed by atoms with Crippen LogP contribution >= 0.6 is 11.6 Å². The zero-order valence-electron chi connectivity index (χ0n) is 9.60. The molecule has 92 valence electrons. The highest BCUT2D eigenvalue weighted by atomic mass is 35.5. The second-order valence-corrected chi connectivity index (χ2v) is 5.40. The lowest BCUT2D eigenvalue weighted by Gasteiger charge is -2.49. The fourth-order valence-corrected chi connectivity index (χ4v) is 2.76. The summed E-state index contributed by atoms with van der Waals surface area (Å²) in [6.45, 7) is 3.04. The highest BCUT2D eigenvalue weighted by Crippen LogP contribution is 2.35. The summed E-state index contributed by atoms with van der Waals surface area (Å²) in [5.41, 5.74) is 0.254. The van der Waals surface area contributed by atoms with Gasteiger partial charge in [0.25, 0.3) is 0 Å². The number of halogens is 1. The molecule has 1 unspecified atom stereocenters. The van der Waals surface area contributed by atoms with Crippen molar-refractivity contribution in [3.63, 3.8) is 0 Å². The standard InChI is InChI=1S/C13H16ClNO2/c14-11-3-1-10(2-4-11)13(16)8-15(9-13)12-5-6-17-7-12/h1-4,12,16H,5-9H2. The molecule has 0 bridgehead atoms. The molecule has 0 radical (unpaired) electrons. The molecule has 1 atom stereocenters. The molecular formula is C13H16ClNO2. The van der Waals surface area contributed by atoms with Crippen molar-refractivity contribution in [3.05, 3.63) is 34.9 Å². The molecule has 1 N–H and O–H groups in total. The molecule has 2 aliphatic heterocycles. The van der Waals surface area contributed by atoms with Gasteiger partial charge in [-0.2, -0.15) is 0 Å². The molecule has 1 aromatic rings. The Balaban J connectivity index is 1.67. The van der Waals surface area contributed by atoms with Crippen molar-refractivity contribution < 1.29 is 9.84 Å². The van der Waals surface area contributed by atoms with Gasteiger partial charge in [-0.05, 0) is 24.1 Å². The molecule has 3 rings (SSSR count). The number of β-amino-alcohol motifs (C(OH)–C–C–N with tert-alkyl or cyclic N) is 1. The number of ether oxygens (including phenoxy) is 1. The summed E-state index contributed by atoms with van der Waals surface area (Å²) >= 11 is 5.85. The van der Waals surface area contributed by atoms with Gasteiger partial charge in [-0.15, -0.1) is 0 Å². The highest BCUT2D eigenvalue weighted by molar-refractivity contribution is 6.30. The van der Waals surface area contributed by atoms with E-state index < -0.39 is 5.60 Å². The number of aliphatic hydroxyl groups is 1. The Hall–Kier alpha value is -0.610. The van der Waals surface area contributed by atoms with E-state index in [9.17, 15) is 5.11 Å². The Morgan fingerprint density at radius 2 is 2.00 bits per heavy atom. The van der Waals surface area contributed by atoms with Crippen LogP contribution in [0.5, 0.6) is 0 Å². The Morgan fingerprint density at radius 1 is 1.29 bits per heavy atom. The monoisotopic (exact) mass is 253 g/mol. The minimum atomic E-state index is -0.701. The number of hydrogen-bond acceptors (Lipinski definition) is 3. The SMILES string of the molecule is OC1(c2ccc(Cl)cc2)CN(C2CCOC2)C1. The molecule has 0 aliphatic carbocycles. The first-order valence-corrected chi connectivity index (χ1v) is 6.35. The van der Waals surface area contributed by atoms with Crippen molar-refractivity contribution in [2.75, 3.05) is 26.3 Å². The van der Waals surface area contributed by atoms with Gasteiger partial charge in [-0.1, -0.05) is 23.7 Å². The second kappa shape index (κ2) is 4.25. The Kier molecular flexibility index (Phi) is 2.87. The van der Waals surface area contributed by atoms with Gasteiger partial charge in [-0.3, -0.25) is 4.90 Å². The van der Waals surface area contributed by atoms with E-state index in [1.54, 1.807) is 0 Å². The maximum Gasteiger partial charge on any atom is 0.115 e. The van der Waals surface area contributed by atoms with E-state index >= 15 is 0 Å². The lowest BCUT2D eigenvalue weighted by atomic mass is 9.85. The van der Waals surface area contributed by atoms with E-state index in [4.69, 9.17) is 16.3 Å². The number of rotatable bonds is 2. The third-order valence-corrected chi connectivity index (χ3v) is 3.98. The van der Waals surface area contributed by atoms with Crippen molar-refractivity contribution in [2.24, 2.45) is 0 Å². The number of likely N-dealkylation sites (tertiary alicyclic amines) is 1. The summed E-state index contributed by atoms with van der Waals surface area (Å²) in [5, 5.41) is 11.2. The first kappa shape index (κ1) is 11.5. The first-order valence-electron chi connectivity index (χ1n) is 5.98. The first-order chi connectivity index (χ1) is 8.17. The third-order valence-electron chi connectivity index (χ3n) is 3.73. The minimum Gasteiger partial charge on any atom is -0.382 e. The maximum atomic E-state index is 10.5. The van der Waals surface area contributed by atoms with Gasteiger partial charge in [0.2, 0.25) is 0 Å². The van der Waals surface area contributed by atoms with E-state index in [1.165, 1.54) is 0 Å². The van der Waals surface area contributed by atoms with Gasteiger partial charge < -0.3 is 9.84 Å². The average molecular weight is 254 g/mol. The zero-order chi connectivity index (χ0) is 11.9. The van der Waals surface area contributed by atoms with E-state index in [1.807, 2.05) is 24.3 Å². The van der Waals surface area contributed by atoms with Crippen LogP contribution < -0.4 is 0 Å². The van der Waals surface area contributed by atoms with Crippen molar-refractivity contribution >= 4 is 11.6 Å². The van der Waals surface area contributed by atoms with Crippen molar-refractivity contribution in [1.82, 2.24) is 4.90 Å². The van der Waals surface area contributed by atoms with E-state index in [-0.39, 0.29) is 0 Å². The molecule has 17 heavy (non-hydrogen) atoms. The quantitative estimate of drug-likeness (QED) is 0.870. The summed E-state index contributed by atoms with van der Waals surface area (Å²) in [7, 11) is 0. The molecule has 2 heterocycles. The topological polar surface area (TPSA) is 32.7 Å². The molecule has 2 fully saturated rings. The van der Waals surface area contributed by atoms with Crippen LogP contribution in [-0.2, 0) is 10.3 Å². The summed E-state index contributed by atoms with van der Waals surface area (Å²) in [6, 6.07) is 7.96. The van der Waals surface area contributed by atoms with Crippen LogP contribution in [0, 0.1) is 0 Å². The molecule has 1 aromatic carbocycles.